The Labute approximate surface area is 209 Å². The van der Waals surface area contributed by atoms with E-state index in [1.165, 1.54) is 5.56 Å². The largest absolute Gasteiger partial charge is 0.484 e. The quantitative estimate of drug-likeness (QED) is 0.399. The third kappa shape index (κ3) is 7.99. The summed E-state index contributed by atoms with van der Waals surface area (Å²) in [4.78, 5) is 28.5. The van der Waals surface area contributed by atoms with Crippen molar-refractivity contribution in [3.05, 3.63) is 101 Å². The number of nitrogens with zero attached hydrogens (tertiary/aromatic N) is 1. The van der Waals surface area contributed by atoms with Crippen LogP contribution >= 0.6 is 0 Å². The summed E-state index contributed by atoms with van der Waals surface area (Å²) in [6, 6.07) is 25.0. The fraction of sp³-hybridized carbons (Fsp3) is 0.333. The summed E-state index contributed by atoms with van der Waals surface area (Å²) in [6.07, 6.45) is 2.20. The zero-order valence-electron chi connectivity index (χ0n) is 21.0. The highest BCUT2D eigenvalue weighted by atomic mass is 16.5. The highest BCUT2D eigenvalue weighted by Crippen LogP contribution is 2.17. The molecule has 0 aliphatic rings. The normalized spacial score (nSPS) is 11.5. The van der Waals surface area contributed by atoms with E-state index >= 15 is 0 Å². The number of ether oxygens (including phenoxy) is 1. The van der Waals surface area contributed by atoms with Gasteiger partial charge < -0.3 is 15.0 Å². The van der Waals surface area contributed by atoms with Crippen molar-refractivity contribution in [2.45, 2.75) is 52.6 Å². The Balaban J connectivity index is 1.87. The van der Waals surface area contributed by atoms with E-state index in [0.717, 1.165) is 29.5 Å². The molecule has 2 amide bonds. The van der Waals surface area contributed by atoms with E-state index in [4.69, 9.17) is 4.74 Å². The standard InChI is InChI=1S/C30H36N2O3/c1-4-18-31-30(34)28(20-25-11-7-6-8-12-25)32(21-26-13-9-10-23(3)19-26)29(33)22-35-27-16-14-24(5-2)15-17-27/h6-17,19,28H,4-5,18,20-22H2,1-3H3,(H,31,34). The Morgan fingerprint density at radius 1 is 0.886 bits per heavy atom. The number of nitrogens with one attached hydrogen (secondary N) is 1. The van der Waals surface area contributed by atoms with Gasteiger partial charge in [0.05, 0.1) is 0 Å². The van der Waals surface area contributed by atoms with E-state index in [-0.39, 0.29) is 18.4 Å². The van der Waals surface area contributed by atoms with Gasteiger partial charge in [-0.2, -0.15) is 0 Å². The number of hydrogen-bond acceptors (Lipinski definition) is 3. The second-order valence-electron chi connectivity index (χ2n) is 8.79. The van der Waals surface area contributed by atoms with Crippen molar-refractivity contribution in [2.24, 2.45) is 0 Å². The minimum absolute atomic E-state index is 0.135. The number of rotatable bonds is 12. The Morgan fingerprint density at radius 2 is 1.60 bits per heavy atom. The molecule has 1 atom stereocenters. The molecule has 0 bridgehead atoms. The molecule has 184 valence electrons. The Morgan fingerprint density at radius 3 is 2.26 bits per heavy atom. The molecule has 3 aromatic rings. The fourth-order valence-electron chi connectivity index (χ4n) is 3.98. The average molecular weight is 473 g/mol. The second kappa shape index (κ2) is 13.3. The van der Waals surface area contributed by atoms with Crippen molar-refractivity contribution in [3.63, 3.8) is 0 Å². The lowest BCUT2D eigenvalue weighted by atomic mass is 10.0. The minimum Gasteiger partial charge on any atom is -0.484 e. The van der Waals surface area contributed by atoms with Crippen LogP contribution in [0.3, 0.4) is 0 Å². The molecule has 5 nitrogen and oxygen atoms in total. The molecule has 0 radical (unpaired) electrons. The number of carbonyl (C=O) groups is 2. The Kier molecular flexibility index (Phi) is 9.91. The van der Waals surface area contributed by atoms with Crippen LogP contribution in [0.1, 0.15) is 42.5 Å². The summed E-state index contributed by atoms with van der Waals surface area (Å²) in [5.41, 5.74) is 4.30. The highest BCUT2D eigenvalue weighted by molar-refractivity contribution is 5.88. The maximum Gasteiger partial charge on any atom is 0.261 e. The first-order valence-electron chi connectivity index (χ1n) is 12.4. The van der Waals surface area contributed by atoms with Crippen LogP contribution in [-0.2, 0) is 29.0 Å². The number of benzene rings is 3. The molecule has 1 N–H and O–H groups in total. The number of aryl methyl sites for hydroxylation is 2. The van der Waals surface area contributed by atoms with Crippen molar-refractivity contribution < 1.29 is 14.3 Å². The number of hydrogen-bond donors (Lipinski definition) is 1. The zero-order valence-corrected chi connectivity index (χ0v) is 21.0. The monoisotopic (exact) mass is 472 g/mol. The predicted molar refractivity (Wildman–Crippen MR) is 140 cm³/mol. The Hall–Kier alpha value is -3.60. The molecule has 0 aliphatic carbocycles. The maximum absolute atomic E-state index is 13.6. The van der Waals surface area contributed by atoms with Crippen LogP contribution in [0.4, 0.5) is 0 Å². The van der Waals surface area contributed by atoms with Crippen molar-refractivity contribution >= 4 is 11.8 Å². The van der Waals surface area contributed by atoms with Crippen LogP contribution in [0.25, 0.3) is 0 Å². The SMILES string of the molecule is CCCNC(=O)C(Cc1ccccc1)N(Cc1cccc(C)c1)C(=O)COc1ccc(CC)cc1. The molecule has 0 heterocycles. The van der Waals surface area contributed by atoms with Gasteiger partial charge in [-0.05, 0) is 48.6 Å². The third-order valence-electron chi connectivity index (χ3n) is 5.95. The molecule has 3 rings (SSSR count). The van der Waals surface area contributed by atoms with Crippen LogP contribution in [0.2, 0.25) is 0 Å². The first-order chi connectivity index (χ1) is 17.0. The number of amides is 2. The fourth-order valence-corrected chi connectivity index (χ4v) is 3.98. The number of carbonyl (C=O) groups excluding carboxylic acids is 2. The van der Waals surface area contributed by atoms with Gasteiger partial charge in [0.2, 0.25) is 5.91 Å². The van der Waals surface area contributed by atoms with E-state index in [0.29, 0.717) is 25.3 Å². The van der Waals surface area contributed by atoms with Crippen molar-refractivity contribution in [1.29, 1.82) is 0 Å². The molecular formula is C30H36N2O3. The molecule has 0 spiro atoms. The first kappa shape index (κ1) is 26.0. The summed E-state index contributed by atoms with van der Waals surface area (Å²) in [7, 11) is 0. The van der Waals surface area contributed by atoms with Gasteiger partial charge in [0.25, 0.3) is 5.91 Å². The van der Waals surface area contributed by atoms with Crippen LogP contribution < -0.4 is 10.1 Å². The summed E-state index contributed by atoms with van der Waals surface area (Å²) >= 11 is 0. The molecular weight excluding hydrogens is 436 g/mol. The summed E-state index contributed by atoms with van der Waals surface area (Å²) in [5, 5.41) is 3.00. The lowest BCUT2D eigenvalue weighted by Gasteiger charge is -2.31. The van der Waals surface area contributed by atoms with Crippen LogP contribution in [0.15, 0.2) is 78.9 Å². The lowest BCUT2D eigenvalue weighted by molar-refractivity contribution is -0.142. The molecule has 0 aliphatic heterocycles. The van der Waals surface area contributed by atoms with Gasteiger partial charge in [-0.25, -0.2) is 0 Å². The lowest BCUT2D eigenvalue weighted by Crippen LogP contribution is -2.51. The van der Waals surface area contributed by atoms with Gasteiger partial charge in [0.1, 0.15) is 11.8 Å². The van der Waals surface area contributed by atoms with E-state index in [2.05, 4.69) is 12.2 Å². The maximum atomic E-state index is 13.6. The second-order valence-corrected chi connectivity index (χ2v) is 8.79. The summed E-state index contributed by atoms with van der Waals surface area (Å²) < 4.78 is 5.85. The van der Waals surface area contributed by atoms with Crippen molar-refractivity contribution in [3.8, 4) is 5.75 Å². The third-order valence-corrected chi connectivity index (χ3v) is 5.95. The molecule has 0 fully saturated rings. The molecule has 0 saturated carbocycles. The van der Waals surface area contributed by atoms with Crippen LogP contribution in [0, 0.1) is 6.92 Å². The Bertz CT molecular complexity index is 1080. The van der Waals surface area contributed by atoms with Gasteiger partial charge in [0, 0.05) is 19.5 Å². The van der Waals surface area contributed by atoms with Crippen LogP contribution in [0.5, 0.6) is 5.75 Å². The van der Waals surface area contributed by atoms with Gasteiger partial charge in [-0.15, -0.1) is 0 Å². The van der Waals surface area contributed by atoms with Crippen molar-refractivity contribution in [1.82, 2.24) is 10.2 Å². The minimum atomic E-state index is -0.650. The van der Waals surface area contributed by atoms with Gasteiger partial charge >= 0.3 is 0 Å². The van der Waals surface area contributed by atoms with E-state index in [1.54, 1.807) is 4.90 Å². The van der Waals surface area contributed by atoms with E-state index in [9.17, 15) is 9.59 Å². The van der Waals surface area contributed by atoms with E-state index in [1.807, 2.05) is 92.7 Å². The summed E-state index contributed by atoms with van der Waals surface area (Å²) in [6.45, 7) is 6.89. The first-order valence-corrected chi connectivity index (χ1v) is 12.4. The zero-order chi connectivity index (χ0) is 25.0. The molecule has 3 aromatic carbocycles. The van der Waals surface area contributed by atoms with Gasteiger partial charge in [-0.1, -0.05) is 86.1 Å². The summed E-state index contributed by atoms with van der Waals surface area (Å²) in [5.74, 6) is 0.267. The average Bonchev–Trinajstić information content (AvgIpc) is 2.88. The van der Waals surface area contributed by atoms with Crippen LogP contribution in [-0.4, -0.2) is 35.9 Å². The topological polar surface area (TPSA) is 58.6 Å². The molecule has 0 aromatic heterocycles. The van der Waals surface area contributed by atoms with Gasteiger partial charge in [0.15, 0.2) is 6.61 Å². The van der Waals surface area contributed by atoms with Crippen molar-refractivity contribution in [2.75, 3.05) is 13.2 Å². The van der Waals surface area contributed by atoms with Gasteiger partial charge in [-0.3, -0.25) is 9.59 Å². The smallest absolute Gasteiger partial charge is 0.261 e. The molecule has 5 heteroatoms. The molecule has 35 heavy (non-hydrogen) atoms. The van der Waals surface area contributed by atoms with E-state index < -0.39 is 6.04 Å². The predicted octanol–water partition coefficient (Wildman–Crippen LogP) is 5.10. The molecule has 0 saturated heterocycles. The highest BCUT2D eigenvalue weighted by Gasteiger charge is 2.30. The molecule has 1 unspecified atom stereocenters.